The van der Waals surface area contributed by atoms with E-state index in [9.17, 15) is 9.90 Å². The molecule has 0 fully saturated rings. The summed E-state index contributed by atoms with van der Waals surface area (Å²) in [6.07, 6.45) is 0.0203. The van der Waals surface area contributed by atoms with E-state index in [1.54, 1.807) is 4.90 Å². The van der Waals surface area contributed by atoms with Crippen LogP contribution in [0.4, 0.5) is 0 Å². The van der Waals surface area contributed by atoms with Crippen molar-refractivity contribution < 1.29 is 9.90 Å². The molecule has 1 amide bonds. The normalized spacial score (nSPS) is 12.3. The lowest BCUT2D eigenvalue weighted by Crippen LogP contribution is -2.39. The van der Waals surface area contributed by atoms with Crippen LogP contribution in [-0.4, -0.2) is 48.1 Å². The van der Waals surface area contributed by atoms with Gasteiger partial charge in [-0.05, 0) is 31.4 Å². The molecule has 0 aliphatic carbocycles. The maximum atomic E-state index is 12.6. The van der Waals surface area contributed by atoms with Crippen molar-refractivity contribution in [2.45, 2.75) is 32.9 Å². The number of guanidine groups is 1. The van der Waals surface area contributed by atoms with Gasteiger partial charge in [-0.25, -0.2) is 4.99 Å². The lowest BCUT2D eigenvalue weighted by atomic mass is 10.1. The van der Waals surface area contributed by atoms with E-state index in [1.165, 1.54) is 0 Å². The topological polar surface area (TPSA) is 77.0 Å². The summed E-state index contributed by atoms with van der Waals surface area (Å²) in [5.41, 5.74) is 2.00. The monoisotopic (exact) mass is 396 g/mol. The summed E-state index contributed by atoms with van der Waals surface area (Å²) in [4.78, 5) is 18.8. The van der Waals surface area contributed by atoms with Crippen LogP contribution in [0.15, 0.2) is 65.7 Å². The van der Waals surface area contributed by atoms with Crippen molar-refractivity contribution in [1.82, 2.24) is 15.5 Å². The summed E-state index contributed by atoms with van der Waals surface area (Å²) < 4.78 is 0. The third kappa shape index (κ3) is 7.95. The van der Waals surface area contributed by atoms with Crippen molar-refractivity contribution >= 4 is 11.9 Å². The Hall–Kier alpha value is -2.86. The van der Waals surface area contributed by atoms with Crippen LogP contribution in [0, 0.1) is 0 Å². The van der Waals surface area contributed by atoms with Crippen molar-refractivity contribution in [2.24, 2.45) is 4.99 Å². The van der Waals surface area contributed by atoms with Crippen LogP contribution >= 0.6 is 0 Å². The van der Waals surface area contributed by atoms with Crippen LogP contribution in [0.5, 0.6) is 0 Å². The van der Waals surface area contributed by atoms with Crippen LogP contribution in [-0.2, 0) is 11.3 Å². The molecule has 29 heavy (non-hydrogen) atoms. The van der Waals surface area contributed by atoms with Gasteiger partial charge in [-0.15, -0.1) is 0 Å². The van der Waals surface area contributed by atoms with Crippen LogP contribution < -0.4 is 10.6 Å². The predicted molar refractivity (Wildman–Crippen MR) is 118 cm³/mol. The molecule has 0 bridgehead atoms. The van der Waals surface area contributed by atoms with Gasteiger partial charge in [0.15, 0.2) is 5.96 Å². The third-order valence-corrected chi connectivity index (χ3v) is 4.56. The number of aliphatic imine (C=N–C) groups is 1. The largest absolute Gasteiger partial charge is 0.388 e. The molecule has 1 atom stereocenters. The first kappa shape index (κ1) is 22.4. The molecule has 0 saturated heterocycles. The molecular weight excluding hydrogens is 364 g/mol. The molecule has 2 aromatic carbocycles. The number of hydrogen-bond acceptors (Lipinski definition) is 3. The zero-order chi connectivity index (χ0) is 20.9. The summed E-state index contributed by atoms with van der Waals surface area (Å²) >= 11 is 0. The van der Waals surface area contributed by atoms with Gasteiger partial charge in [0.2, 0.25) is 5.91 Å². The molecule has 3 N–H and O–H groups in total. The average Bonchev–Trinajstić information content (AvgIpc) is 2.76. The smallest absolute Gasteiger partial charge is 0.244 e. The SMILES string of the molecule is CCNC(=NCC(=O)N(CC)Cc1ccccc1)NCCC(O)c1ccccc1. The number of likely N-dealkylation sites (N-methyl/N-ethyl adjacent to an activating group) is 1. The summed E-state index contributed by atoms with van der Waals surface area (Å²) in [5.74, 6) is 0.565. The number of aliphatic hydroxyl groups excluding tert-OH is 1. The molecule has 156 valence electrons. The molecule has 0 spiro atoms. The van der Waals surface area contributed by atoms with E-state index < -0.39 is 6.10 Å². The molecule has 0 saturated carbocycles. The quantitative estimate of drug-likeness (QED) is 0.426. The van der Waals surface area contributed by atoms with Crippen molar-refractivity contribution in [2.75, 3.05) is 26.2 Å². The van der Waals surface area contributed by atoms with Crippen molar-refractivity contribution in [3.8, 4) is 0 Å². The van der Waals surface area contributed by atoms with E-state index >= 15 is 0 Å². The number of amides is 1. The number of nitrogens with zero attached hydrogens (tertiary/aromatic N) is 2. The van der Waals surface area contributed by atoms with Gasteiger partial charge in [-0.1, -0.05) is 60.7 Å². The van der Waals surface area contributed by atoms with Gasteiger partial charge in [-0.3, -0.25) is 4.79 Å². The van der Waals surface area contributed by atoms with Gasteiger partial charge >= 0.3 is 0 Å². The average molecular weight is 397 g/mol. The van der Waals surface area contributed by atoms with Gasteiger partial charge in [0.05, 0.1) is 6.10 Å². The number of benzene rings is 2. The number of aliphatic hydroxyl groups is 1. The Bertz CT molecular complexity index is 750. The molecule has 1 unspecified atom stereocenters. The van der Waals surface area contributed by atoms with Crippen LogP contribution in [0.1, 0.15) is 37.5 Å². The second-order valence-corrected chi connectivity index (χ2v) is 6.73. The molecule has 0 heterocycles. The molecular formula is C23H32N4O2. The Morgan fingerprint density at radius 3 is 2.31 bits per heavy atom. The van der Waals surface area contributed by atoms with Gasteiger partial charge in [0.25, 0.3) is 0 Å². The number of carbonyl (C=O) groups excluding carboxylic acids is 1. The van der Waals surface area contributed by atoms with Gasteiger partial charge in [-0.2, -0.15) is 0 Å². The maximum absolute atomic E-state index is 12.6. The molecule has 6 nitrogen and oxygen atoms in total. The van der Waals surface area contributed by atoms with E-state index in [4.69, 9.17) is 0 Å². The summed E-state index contributed by atoms with van der Waals surface area (Å²) in [6, 6.07) is 19.5. The Labute approximate surface area is 173 Å². The maximum Gasteiger partial charge on any atom is 0.244 e. The van der Waals surface area contributed by atoms with E-state index in [-0.39, 0.29) is 12.5 Å². The fraction of sp³-hybridized carbons (Fsp3) is 0.391. The van der Waals surface area contributed by atoms with Crippen LogP contribution in [0.2, 0.25) is 0 Å². The molecule has 0 aliphatic rings. The van der Waals surface area contributed by atoms with Crippen molar-refractivity contribution in [1.29, 1.82) is 0 Å². The van der Waals surface area contributed by atoms with E-state index in [0.29, 0.717) is 38.6 Å². The van der Waals surface area contributed by atoms with Crippen LogP contribution in [0.25, 0.3) is 0 Å². The highest BCUT2D eigenvalue weighted by molar-refractivity contribution is 5.84. The number of hydrogen-bond donors (Lipinski definition) is 3. The predicted octanol–water partition coefficient (Wildman–Crippen LogP) is 2.71. The molecule has 0 aromatic heterocycles. The fourth-order valence-corrected chi connectivity index (χ4v) is 2.94. The molecule has 0 aliphatic heterocycles. The summed E-state index contributed by atoms with van der Waals surface area (Å²) in [6.45, 7) is 6.50. The zero-order valence-corrected chi connectivity index (χ0v) is 17.3. The Kier molecular flexibility index (Phi) is 9.72. The van der Waals surface area contributed by atoms with E-state index in [1.807, 2.05) is 74.5 Å². The Morgan fingerprint density at radius 2 is 1.69 bits per heavy atom. The van der Waals surface area contributed by atoms with E-state index in [0.717, 1.165) is 11.1 Å². The molecule has 2 aromatic rings. The first-order valence-electron chi connectivity index (χ1n) is 10.2. The standard InChI is InChI=1S/C23H32N4O2/c1-3-24-23(25-16-15-21(28)20-13-9-6-10-14-20)26-17-22(29)27(4-2)18-19-11-7-5-8-12-19/h5-14,21,28H,3-4,15-18H2,1-2H3,(H2,24,25,26). The molecule has 6 heteroatoms. The highest BCUT2D eigenvalue weighted by atomic mass is 16.3. The third-order valence-electron chi connectivity index (χ3n) is 4.56. The number of nitrogens with one attached hydrogen (secondary N) is 2. The highest BCUT2D eigenvalue weighted by Crippen LogP contribution is 2.14. The van der Waals surface area contributed by atoms with Gasteiger partial charge in [0.1, 0.15) is 6.54 Å². The second-order valence-electron chi connectivity index (χ2n) is 6.73. The fourth-order valence-electron chi connectivity index (χ4n) is 2.94. The highest BCUT2D eigenvalue weighted by Gasteiger charge is 2.12. The minimum Gasteiger partial charge on any atom is -0.388 e. The minimum atomic E-state index is -0.533. The number of rotatable bonds is 10. The van der Waals surface area contributed by atoms with Crippen molar-refractivity contribution in [3.63, 3.8) is 0 Å². The minimum absolute atomic E-state index is 0.0159. The molecule has 2 rings (SSSR count). The second kappa shape index (κ2) is 12.6. The van der Waals surface area contributed by atoms with Crippen molar-refractivity contribution in [3.05, 3.63) is 71.8 Å². The first-order valence-corrected chi connectivity index (χ1v) is 10.2. The van der Waals surface area contributed by atoms with Gasteiger partial charge < -0.3 is 20.6 Å². The summed E-state index contributed by atoms with van der Waals surface area (Å²) in [7, 11) is 0. The zero-order valence-electron chi connectivity index (χ0n) is 17.3. The lowest BCUT2D eigenvalue weighted by molar-refractivity contribution is -0.130. The lowest BCUT2D eigenvalue weighted by Gasteiger charge is -2.20. The van der Waals surface area contributed by atoms with E-state index in [2.05, 4.69) is 15.6 Å². The first-order chi connectivity index (χ1) is 14.1. The Morgan fingerprint density at radius 1 is 1.03 bits per heavy atom. The van der Waals surface area contributed by atoms with Crippen LogP contribution in [0.3, 0.4) is 0 Å². The summed E-state index contributed by atoms with van der Waals surface area (Å²) in [5, 5.41) is 16.6. The molecule has 0 radical (unpaired) electrons. The number of carbonyl (C=O) groups is 1. The van der Waals surface area contributed by atoms with Gasteiger partial charge in [0, 0.05) is 26.2 Å². The Balaban J connectivity index is 1.85.